The Kier molecular flexibility index (Phi) is 4.44. The average molecular weight is 321 g/mol. The lowest BCUT2D eigenvalue weighted by Crippen LogP contribution is -2.44. The van der Waals surface area contributed by atoms with E-state index >= 15 is 0 Å². The highest BCUT2D eigenvalue weighted by Gasteiger charge is 2.20. The Labute approximate surface area is 142 Å². The molecule has 124 valence electrons. The fraction of sp³-hybridized carbons (Fsp3) is 0.316. The van der Waals surface area contributed by atoms with Crippen molar-refractivity contribution in [3.63, 3.8) is 0 Å². The molecule has 0 aromatic carbocycles. The first-order valence-electron chi connectivity index (χ1n) is 8.04. The number of rotatable bonds is 5. The molecule has 3 heterocycles. The maximum absolute atomic E-state index is 4.74. The van der Waals surface area contributed by atoms with Crippen LogP contribution in [0.5, 0.6) is 0 Å². The minimum atomic E-state index is 0.0411. The molecular weight excluding hydrogens is 298 g/mol. The highest BCUT2D eigenvalue weighted by Crippen LogP contribution is 2.28. The Morgan fingerprint density at radius 1 is 1.04 bits per heavy atom. The number of anilines is 1. The van der Waals surface area contributed by atoms with Crippen LogP contribution in [-0.2, 0) is 0 Å². The number of likely N-dealkylation sites (N-methyl/N-ethyl adjacent to an activating group) is 1. The summed E-state index contributed by atoms with van der Waals surface area (Å²) >= 11 is 0. The Balaban J connectivity index is 2.02. The first kappa shape index (κ1) is 16.3. The Hall–Kier alpha value is -2.53. The molecule has 0 saturated carbocycles. The maximum atomic E-state index is 4.74. The second kappa shape index (κ2) is 6.53. The summed E-state index contributed by atoms with van der Waals surface area (Å²) in [6, 6.07) is 8.04. The van der Waals surface area contributed by atoms with Crippen molar-refractivity contribution >= 4 is 16.6 Å². The average Bonchev–Trinajstić information content (AvgIpc) is 2.60. The molecule has 0 radical (unpaired) electrons. The molecule has 0 fully saturated rings. The molecule has 24 heavy (non-hydrogen) atoms. The zero-order valence-electron chi connectivity index (χ0n) is 14.6. The first-order valence-corrected chi connectivity index (χ1v) is 8.04. The maximum Gasteiger partial charge on any atom is 0.0913 e. The summed E-state index contributed by atoms with van der Waals surface area (Å²) in [5.74, 6) is 0. The number of hydrogen-bond acceptors (Lipinski definition) is 5. The van der Waals surface area contributed by atoms with E-state index in [0.29, 0.717) is 0 Å². The molecular formula is C19H23N5. The van der Waals surface area contributed by atoms with Gasteiger partial charge < -0.3 is 10.2 Å². The Bertz CT molecular complexity index is 828. The van der Waals surface area contributed by atoms with Gasteiger partial charge in [0.1, 0.15) is 0 Å². The van der Waals surface area contributed by atoms with Gasteiger partial charge in [0.25, 0.3) is 0 Å². The Morgan fingerprint density at radius 2 is 1.75 bits per heavy atom. The molecule has 3 rings (SSSR count). The molecule has 5 nitrogen and oxygen atoms in total. The minimum absolute atomic E-state index is 0.0411. The van der Waals surface area contributed by atoms with Gasteiger partial charge >= 0.3 is 0 Å². The number of pyridine rings is 3. The van der Waals surface area contributed by atoms with Gasteiger partial charge in [-0.25, -0.2) is 4.98 Å². The van der Waals surface area contributed by atoms with Gasteiger partial charge in [-0.15, -0.1) is 0 Å². The fourth-order valence-corrected chi connectivity index (χ4v) is 2.37. The third-order valence-electron chi connectivity index (χ3n) is 4.51. The van der Waals surface area contributed by atoms with Gasteiger partial charge in [0.2, 0.25) is 0 Å². The van der Waals surface area contributed by atoms with E-state index in [1.165, 1.54) is 0 Å². The largest absolute Gasteiger partial charge is 0.383 e. The molecule has 0 bridgehead atoms. The smallest absolute Gasteiger partial charge is 0.0913 e. The number of aromatic nitrogens is 3. The molecule has 0 saturated heterocycles. The van der Waals surface area contributed by atoms with Gasteiger partial charge in [-0.1, -0.05) is 0 Å². The fourth-order valence-electron chi connectivity index (χ4n) is 2.37. The van der Waals surface area contributed by atoms with Crippen molar-refractivity contribution in [1.29, 1.82) is 0 Å². The summed E-state index contributed by atoms with van der Waals surface area (Å²) < 4.78 is 0. The summed E-state index contributed by atoms with van der Waals surface area (Å²) in [7, 11) is 4.19. The highest BCUT2D eigenvalue weighted by atomic mass is 15.2. The standard InChI is InChI=1S/C19H23N5/c1-19(2,24(3)4)13-22-17-11-16(14-5-8-20-9-6-14)23-18-12-21-10-7-15(17)18/h5-12H,13H2,1-4H3,(H,22,23). The highest BCUT2D eigenvalue weighted by molar-refractivity contribution is 5.93. The predicted octanol–water partition coefficient (Wildman–Crippen LogP) is 3.44. The van der Waals surface area contributed by atoms with E-state index in [1.54, 1.807) is 18.6 Å². The number of nitrogens with zero attached hydrogens (tertiary/aromatic N) is 4. The molecule has 1 N–H and O–H groups in total. The van der Waals surface area contributed by atoms with Crippen LogP contribution in [-0.4, -0.2) is 46.0 Å². The van der Waals surface area contributed by atoms with Crippen molar-refractivity contribution < 1.29 is 0 Å². The summed E-state index contributed by atoms with van der Waals surface area (Å²) in [5.41, 5.74) is 3.97. The van der Waals surface area contributed by atoms with Gasteiger partial charge in [-0.05, 0) is 52.2 Å². The van der Waals surface area contributed by atoms with Crippen LogP contribution in [0, 0.1) is 0 Å². The molecule has 3 aromatic rings. The summed E-state index contributed by atoms with van der Waals surface area (Å²) in [4.78, 5) is 15.3. The molecule has 0 amide bonds. The van der Waals surface area contributed by atoms with Crippen LogP contribution in [0.2, 0.25) is 0 Å². The summed E-state index contributed by atoms with van der Waals surface area (Å²) in [5, 5.41) is 4.68. The zero-order chi connectivity index (χ0) is 17.2. The molecule has 0 aliphatic rings. The van der Waals surface area contributed by atoms with Crippen LogP contribution in [0.4, 0.5) is 5.69 Å². The van der Waals surface area contributed by atoms with Crippen LogP contribution < -0.4 is 5.32 Å². The quantitative estimate of drug-likeness (QED) is 0.780. The lowest BCUT2D eigenvalue weighted by atomic mass is 10.0. The third kappa shape index (κ3) is 3.36. The van der Waals surface area contributed by atoms with Crippen LogP contribution >= 0.6 is 0 Å². The number of nitrogens with one attached hydrogen (secondary N) is 1. The second-order valence-corrected chi connectivity index (χ2v) is 6.74. The van der Waals surface area contributed by atoms with E-state index in [0.717, 1.165) is 34.4 Å². The first-order chi connectivity index (χ1) is 11.5. The Morgan fingerprint density at radius 3 is 2.46 bits per heavy atom. The zero-order valence-corrected chi connectivity index (χ0v) is 14.6. The molecule has 0 unspecified atom stereocenters. The molecule has 0 aliphatic carbocycles. The van der Waals surface area contributed by atoms with E-state index < -0.39 is 0 Å². The van der Waals surface area contributed by atoms with Crippen LogP contribution in [0.1, 0.15) is 13.8 Å². The normalized spacial score (nSPS) is 11.9. The van der Waals surface area contributed by atoms with E-state index in [-0.39, 0.29) is 5.54 Å². The molecule has 3 aromatic heterocycles. The van der Waals surface area contributed by atoms with Crippen molar-refractivity contribution in [3.8, 4) is 11.3 Å². The topological polar surface area (TPSA) is 53.9 Å². The van der Waals surface area contributed by atoms with Gasteiger partial charge in [0.05, 0.1) is 17.4 Å². The van der Waals surface area contributed by atoms with E-state index in [9.17, 15) is 0 Å². The van der Waals surface area contributed by atoms with Gasteiger partial charge in [-0.3, -0.25) is 9.97 Å². The van der Waals surface area contributed by atoms with Gasteiger partial charge in [0, 0.05) is 47.3 Å². The summed E-state index contributed by atoms with van der Waals surface area (Å²) in [6.07, 6.45) is 7.18. The van der Waals surface area contributed by atoms with Gasteiger partial charge in [0.15, 0.2) is 0 Å². The lowest BCUT2D eigenvalue weighted by Gasteiger charge is -2.33. The SMILES string of the molecule is CN(C)C(C)(C)CNc1cc(-c2ccncc2)nc2cnccc12. The van der Waals surface area contributed by atoms with Crippen molar-refractivity contribution in [2.24, 2.45) is 0 Å². The second-order valence-electron chi connectivity index (χ2n) is 6.74. The van der Waals surface area contributed by atoms with Crippen molar-refractivity contribution in [1.82, 2.24) is 19.9 Å². The summed E-state index contributed by atoms with van der Waals surface area (Å²) in [6.45, 7) is 5.26. The van der Waals surface area contributed by atoms with Crippen molar-refractivity contribution in [2.75, 3.05) is 26.0 Å². The van der Waals surface area contributed by atoms with Crippen molar-refractivity contribution in [2.45, 2.75) is 19.4 Å². The van der Waals surface area contributed by atoms with Crippen LogP contribution in [0.15, 0.2) is 49.1 Å². The van der Waals surface area contributed by atoms with E-state index in [2.05, 4.69) is 54.2 Å². The van der Waals surface area contributed by atoms with E-state index in [4.69, 9.17) is 4.98 Å². The third-order valence-corrected chi connectivity index (χ3v) is 4.51. The van der Waals surface area contributed by atoms with Gasteiger partial charge in [-0.2, -0.15) is 0 Å². The monoisotopic (exact) mass is 321 g/mol. The molecule has 0 atom stereocenters. The van der Waals surface area contributed by atoms with Crippen LogP contribution in [0.25, 0.3) is 22.2 Å². The minimum Gasteiger partial charge on any atom is -0.383 e. The van der Waals surface area contributed by atoms with Crippen molar-refractivity contribution in [3.05, 3.63) is 49.1 Å². The molecule has 0 spiro atoms. The number of fused-ring (bicyclic) bond motifs is 1. The predicted molar refractivity (Wildman–Crippen MR) is 99.0 cm³/mol. The molecule has 5 heteroatoms. The number of hydrogen-bond donors (Lipinski definition) is 1. The van der Waals surface area contributed by atoms with E-state index in [1.807, 2.05) is 24.4 Å². The van der Waals surface area contributed by atoms with Crippen LogP contribution in [0.3, 0.4) is 0 Å². The molecule has 0 aliphatic heterocycles. The lowest BCUT2D eigenvalue weighted by molar-refractivity contribution is 0.210.